The molecule has 1 aromatic rings. The Morgan fingerprint density at radius 2 is 2.06 bits per heavy atom. The number of likely N-dealkylation sites (N-methyl/N-ethyl adjacent to an activating group) is 1. The van der Waals surface area contributed by atoms with Crippen LogP contribution in [0.1, 0.15) is 23.2 Å². The molecule has 1 amide bonds. The van der Waals surface area contributed by atoms with E-state index in [-0.39, 0.29) is 12.0 Å². The van der Waals surface area contributed by atoms with Crippen LogP contribution in [-0.4, -0.2) is 41.9 Å². The molecule has 3 nitrogen and oxygen atoms in total. The van der Waals surface area contributed by atoms with E-state index in [4.69, 9.17) is 0 Å². The predicted octanol–water partition coefficient (Wildman–Crippen LogP) is 2.25. The first-order valence-corrected chi connectivity index (χ1v) is 7.42. The molecular formula is C14H19NO2S. The summed E-state index contributed by atoms with van der Waals surface area (Å²) in [5, 5.41) is 9.84. The molecule has 1 aliphatic carbocycles. The van der Waals surface area contributed by atoms with Crippen LogP contribution in [-0.2, 0) is 0 Å². The minimum absolute atomic E-state index is 0.0256. The van der Waals surface area contributed by atoms with E-state index in [1.165, 1.54) is 0 Å². The first-order chi connectivity index (χ1) is 8.61. The number of nitrogens with zero attached hydrogens (tertiary/aromatic N) is 1. The van der Waals surface area contributed by atoms with E-state index in [9.17, 15) is 9.90 Å². The Kier molecular flexibility index (Phi) is 4.30. The normalized spacial score (nSPS) is 16.4. The monoisotopic (exact) mass is 265 g/mol. The lowest BCUT2D eigenvalue weighted by atomic mass is 10.1. The summed E-state index contributed by atoms with van der Waals surface area (Å²) < 4.78 is 0. The van der Waals surface area contributed by atoms with Gasteiger partial charge in [-0.2, -0.15) is 0 Å². The highest BCUT2D eigenvalue weighted by molar-refractivity contribution is 7.98. The van der Waals surface area contributed by atoms with Crippen LogP contribution in [0.15, 0.2) is 29.2 Å². The van der Waals surface area contributed by atoms with Gasteiger partial charge < -0.3 is 10.0 Å². The highest BCUT2D eigenvalue weighted by Gasteiger charge is 2.31. The van der Waals surface area contributed by atoms with E-state index >= 15 is 0 Å². The molecule has 98 valence electrons. The summed E-state index contributed by atoms with van der Waals surface area (Å²) in [5.74, 6) is 0.376. The molecule has 2 rings (SSSR count). The number of rotatable bonds is 5. The van der Waals surface area contributed by atoms with E-state index in [2.05, 4.69) is 0 Å². The second kappa shape index (κ2) is 5.76. The molecule has 0 aromatic heterocycles. The SMILES string of the molecule is CSc1ccc(C(=O)N(C)CC(O)C2CC2)cc1. The summed E-state index contributed by atoms with van der Waals surface area (Å²) in [6.45, 7) is 0.424. The van der Waals surface area contributed by atoms with Crippen molar-refractivity contribution in [2.75, 3.05) is 19.8 Å². The predicted molar refractivity (Wildman–Crippen MR) is 73.9 cm³/mol. The first-order valence-electron chi connectivity index (χ1n) is 6.19. The Morgan fingerprint density at radius 3 is 2.56 bits per heavy atom. The second-order valence-electron chi connectivity index (χ2n) is 4.82. The number of benzene rings is 1. The van der Waals surface area contributed by atoms with E-state index in [0.717, 1.165) is 17.7 Å². The van der Waals surface area contributed by atoms with Crippen LogP contribution < -0.4 is 0 Å². The smallest absolute Gasteiger partial charge is 0.253 e. The number of thioether (sulfide) groups is 1. The van der Waals surface area contributed by atoms with Gasteiger partial charge in [-0.15, -0.1) is 11.8 Å². The third-order valence-electron chi connectivity index (χ3n) is 3.31. The second-order valence-corrected chi connectivity index (χ2v) is 5.70. The standard InChI is InChI=1S/C14H19NO2S/c1-15(9-13(16)10-3-4-10)14(17)11-5-7-12(18-2)8-6-11/h5-8,10,13,16H,3-4,9H2,1-2H3. The van der Waals surface area contributed by atoms with Crippen LogP contribution in [0, 0.1) is 5.92 Å². The molecule has 0 spiro atoms. The fraction of sp³-hybridized carbons (Fsp3) is 0.500. The number of aliphatic hydroxyl groups excluding tert-OH is 1. The Morgan fingerprint density at radius 1 is 1.44 bits per heavy atom. The molecule has 1 unspecified atom stereocenters. The number of hydrogen-bond donors (Lipinski definition) is 1. The van der Waals surface area contributed by atoms with Gasteiger partial charge in [0.15, 0.2) is 0 Å². The Labute approximate surface area is 112 Å². The van der Waals surface area contributed by atoms with Crippen molar-refractivity contribution in [2.45, 2.75) is 23.8 Å². The molecule has 1 aliphatic rings. The summed E-state index contributed by atoms with van der Waals surface area (Å²) in [6, 6.07) is 7.58. The maximum Gasteiger partial charge on any atom is 0.253 e. The molecule has 1 N–H and O–H groups in total. The first kappa shape index (κ1) is 13.4. The zero-order valence-electron chi connectivity index (χ0n) is 10.8. The number of aliphatic hydroxyl groups is 1. The van der Waals surface area contributed by atoms with Gasteiger partial charge in [-0.1, -0.05) is 0 Å². The van der Waals surface area contributed by atoms with E-state index in [0.29, 0.717) is 18.0 Å². The lowest BCUT2D eigenvalue weighted by molar-refractivity contribution is 0.0645. The molecular weight excluding hydrogens is 246 g/mol. The topological polar surface area (TPSA) is 40.5 Å². The summed E-state index contributed by atoms with van der Waals surface area (Å²) in [6.07, 6.45) is 3.82. The third kappa shape index (κ3) is 3.27. The molecule has 0 aliphatic heterocycles. The Balaban J connectivity index is 1.95. The Hall–Kier alpha value is -1.00. The number of amides is 1. The van der Waals surface area contributed by atoms with Crippen molar-refractivity contribution in [3.05, 3.63) is 29.8 Å². The lowest BCUT2D eigenvalue weighted by Gasteiger charge is -2.20. The summed E-state index contributed by atoms with van der Waals surface area (Å²) in [4.78, 5) is 14.9. The quantitative estimate of drug-likeness (QED) is 0.830. The highest BCUT2D eigenvalue weighted by atomic mass is 32.2. The number of hydrogen-bond acceptors (Lipinski definition) is 3. The van der Waals surface area contributed by atoms with E-state index in [1.54, 1.807) is 23.7 Å². The molecule has 1 fully saturated rings. The summed E-state index contributed by atoms with van der Waals surface area (Å²) in [7, 11) is 1.75. The fourth-order valence-electron chi connectivity index (χ4n) is 1.95. The van der Waals surface area contributed by atoms with Crippen molar-refractivity contribution in [1.82, 2.24) is 4.90 Å². The van der Waals surface area contributed by atoms with Crippen LogP contribution in [0.25, 0.3) is 0 Å². The highest BCUT2D eigenvalue weighted by Crippen LogP contribution is 2.32. The molecule has 18 heavy (non-hydrogen) atoms. The molecule has 1 saturated carbocycles. The van der Waals surface area contributed by atoms with Crippen LogP contribution >= 0.6 is 11.8 Å². The molecule has 1 atom stereocenters. The molecule has 0 saturated heterocycles. The van der Waals surface area contributed by atoms with Crippen LogP contribution in [0.5, 0.6) is 0 Å². The number of carbonyl (C=O) groups is 1. The molecule has 4 heteroatoms. The minimum Gasteiger partial charge on any atom is -0.391 e. The fourth-order valence-corrected chi connectivity index (χ4v) is 2.36. The van der Waals surface area contributed by atoms with Crippen LogP contribution in [0.4, 0.5) is 0 Å². The van der Waals surface area contributed by atoms with Gasteiger partial charge in [-0.3, -0.25) is 4.79 Å². The zero-order chi connectivity index (χ0) is 13.1. The van der Waals surface area contributed by atoms with Gasteiger partial charge in [-0.05, 0) is 49.3 Å². The molecule has 1 aromatic carbocycles. The van der Waals surface area contributed by atoms with Gasteiger partial charge in [0.1, 0.15) is 0 Å². The largest absolute Gasteiger partial charge is 0.391 e. The number of carbonyl (C=O) groups excluding carboxylic acids is 1. The average Bonchev–Trinajstić information content (AvgIpc) is 3.22. The molecule has 0 radical (unpaired) electrons. The maximum atomic E-state index is 12.1. The van der Waals surface area contributed by atoms with Gasteiger partial charge >= 0.3 is 0 Å². The maximum absolute atomic E-state index is 12.1. The van der Waals surface area contributed by atoms with Crippen LogP contribution in [0.2, 0.25) is 0 Å². The van der Waals surface area contributed by atoms with Gasteiger partial charge in [0.25, 0.3) is 5.91 Å². The van der Waals surface area contributed by atoms with Gasteiger partial charge in [0.05, 0.1) is 6.10 Å². The molecule has 0 heterocycles. The summed E-state index contributed by atoms with van der Waals surface area (Å²) >= 11 is 1.66. The zero-order valence-corrected chi connectivity index (χ0v) is 11.6. The Bertz CT molecular complexity index is 414. The summed E-state index contributed by atoms with van der Waals surface area (Å²) in [5.41, 5.74) is 0.679. The van der Waals surface area contributed by atoms with Gasteiger partial charge in [0.2, 0.25) is 0 Å². The van der Waals surface area contributed by atoms with Crippen molar-refractivity contribution in [2.24, 2.45) is 5.92 Å². The lowest BCUT2D eigenvalue weighted by Crippen LogP contribution is -2.35. The van der Waals surface area contributed by atoms with E-state index in [1.807, 2.05) is 30.5 Å². The average molecular weight is 265 g/mol. The van der Waals surface area contributed by atoms with Gasteiger partial charge in [-0.25, -0.2) is 0 Å². The van der Waals surface area contributed by atoms with Crippen LogP contribution in [0.3, 0.4) is 0 Å². The van der Waals surface area contributed by atoms with Crippen molar-refractivity contribution in [3.8, 4) is 0 Å². The third-order valence-corrected chi connectivity index (χ3v) is 4.05. The van der Waals surface area contributed by atoms with Gasteiger partial charge in [0, 0.05) is 24.1 Å². The van der Waals surface area contributed by atoms with Crippen molar-refractivity contribution in [1.29, 1.82) is 0 Å². The van der Waals surface area contributed by atoms with E-state index < -0.39 is 0 Å². The van der Waals surface area contributed by atoms with Crippen molar-refractivity contribution in [3.63, 3.8) is 0 Å². The van der Waals surface area contributed by atoms with Crippen molar-refractivity contribution >= 4 is 17.7 Å². The van der Waals surface area contributed by atoms with Crippen molar-refractivity contribution < 1.29 is 9.90 Å². The molecule has 0 bridgehead atoms. The minimum atomic E-state index is -0.371.